The third-order valence-electron chi connectivity index (χ3n) is 3.39. The Labute approximate surface area is 130 Å². The predicted molar refractivity (Wildman–Crippen MR) is 85.4 cm³/mol. The van der Waals surface area contributed by atoms with Gasteiger partial charge in [0.25, 0.3) is 0 Å². The zero-order valence-corrected chi connectivity index (χ0v) is 13.4. The van der Waals surface area contributed by atoms with Crippen LogP contribution in [0.15, 0.2) is 30.5 Å². The molecule has 1 aromatic heterocycles. The topological polar surface area (TPSA) is 60.9 Å². The SMILES string of the molecule is CC(C)(C)c1[nH]ncc1CNCC(O)c1ccccc1Cl. The number of hydrogen-bond donors (Lipinski definition) is 3. The number of rotatable bonds is 5. The summed E-state index contributed by atoms with van der Waals surface area (Å²) >= 11 is 6.08. The molecule has 1 aromatic carbocycles. The van der Waals surface area contributed by atoms with Crippen molar-refractivity contribution in [3.05, 3.63) is 52.3 Å². The molecule has 0 aliphatic carbocycles. The van der Waals surface area contributed by atoms with Crippen LogP contribution in [0, 0.1) is 0 Å². The van der Waals surface area contributed by atoms with E-state index in [1.54, 1.807) is 6.07 Å². The maximum Gasteiger partial charge on any atom is 0.0928 e. The summed E-state index contributed by atoms with van der Waals surface area (Å²) in [6, 6.07) is 7.35. The molecule has 0 aliphatic rings. The fourth-order valence-electron chi connectivity index (χ4n) is 2.29. The molecule has 21 heavy (non-hydrogen) atoms. The average molecular weight is 308 g/mol. The van der Waals surface area contributed by atoms with Gasteiger partial charge in [0, 0.05) is 40.3 Å². The molecule has 1 unspecified atom stereocenters. The van der Waals surface area contributed by atoms with Crippen molar-refractivity contribution in [2.75, 3.05) is 6.54 Å². The molecule has 4 nitrogen and oxygen atoms in total. The van der Waals surface area contributed by atoms with Gasteiger partial charge in [-0.3, -0.25) is 5.10 Å². The van der Waals surface area contributed by atoms with E-state index in [2.05, 4.69) is 36.3 Å². The van der Waals surface area contributed by atoms with E-state index in [1.807, 2.05) is 24.4 Å². The Hall–Kier alpha value is -1.36. The number of benzene rings is 1. The first kappa shape index (κ1) is 16.0. The van der Waals surface area contributed by atoms with Crippen molar-refractivity contribution >= 4 is 11.6 Å². The molecule has 5 heteroatoms. The molecular formula is C16H22ClN3O. The highest BCUT2D eigenvalue weighted by molar-refractivity contribution is 6.31. The van der Waals surface area contributed by atoms with E-state index >= 15 is 0 Å². The average Bonchev–Trinajstić information content (AvgIpc) is 2.87. The zero-order valence-electron chi connectivity index (χ0n) is 12.7. The van der Waals surface area contributed by atoms with Gasteiger partial charge in [0.1, 0.15) is 0 Å². The van der Waals surface area contributed by atoms with Crippen LogP contribution in [0.2, 0.25) is 5.02 Å². The van der Waals surface area contributed by atoms with Gasteiger partial charge >= 0.3 is 0 Å². The van der Waals surface area contributed by atoms with Crippen LogP contribution in [0.4, 0.5) is 0 Å². The molecule has 0 bridgehead atoms. The molecule has 2 rings (SSSR count). The zero-order chi connectivity index (χ0) is 15.5. The number of nitrogens with zero attached hydrogens (tertiary/aromatic N) is 1. The van der Waals surface area contributed by atoms with Crippen molar-refractivity contribution in [3.63, 3.8) is 0 Å². The van der Waals surface area contributed by atoms with E-state index in [1.165, 1.54) is 0 Å². The molecule has 2 aromatic rings. The van der Waals surface area contributed by atoms with Gasteiger partial charge in [-0.15, -0.1) is 0 Å². The predicted octanol–water partition coefficient (Wildman–Crippen LogP) is 3.18. The Morgan fingerprint density at radius 1 is 1.33 bits per heavy atom. The van der Waals surface area contributed by atoms with E-state index < -0.39 is 6.10 Å². The number of aromatic amines is 1. The summed E-state index contributed by atoms with van der Waals surface area (Å²) in [4.78, 5) is 0. The van der Waals surface area contributed by atoms with Gasteiger partial charge in [-0.2, -0.15) is 5.10 Å². The summed E-state index contributed by atoms with van der Waals surface area (Å²) in [7, 11) is 0. The number of H-pyrrole nitrogens is 1. The lowest BCUT2D eigenvalue weighted by atomic mass is 9.89. The Balaban J connectivity index is 1.94. The lowest BCUT2D eigenvalue weighted by molar-refractivity contribution is 0.174. The largest absolute Gasteiger partial charge is 0.387 e. The normalized spacial score (nSPS) is 13.4. The van der Waals surface area contributed by atoms with Gasteiger partial charge in [-0.05, 0) is 6.07 Å². The van der Waals surface area contributed by atoms with Crippen LogP contribution in [-0.4, -0.2) is 21.8 Å². The van der Waals surface area contributed by atoms with Crippen LogP contribution >= 0.6 is 11.6 Å². The van der Waals surface area contributed by atoms with Crippen molar-refractivity contribution in [2.24, 2.45) is 0 Å². The number of hydrogen-bond acceptors (Lipinski definition) is 3. The molecule has 0 fully saturated rings. The number of aliphatic hydroxyl groups is 1. The lowest BCUT2D eigenvalue weighted by Crippen LogP contribution is -2.23. The second kappa shape index (κ2) is 6.60. The molecular weight excluding hydrogens is 286 g/mol. The van der Waals surface area contributed by atoms with Crippen LogP contribution in [0.1, 0.15) is 43.7 Å². The molecule has 0 aliphatic heterocycles. The molecule has 0 saturated heterocycles. The van der Waals surface area contributed by atoms with E-state index in [-0.39, 0.29) is 5.41 Å². The van der Waals surface area contributed by atoms with Crippen molar-refractivity contribution in [3.8, 4) is 0 Å². The van der Waals surface area contributed by atoms with Crippen molar-refractivity contribution in [1.82, 2.24) is 15.5 Å². The lowest BCUT2D eigenvalue weighted by Gasteiger charge is -2.19. The molecule has 114 valence electrons. The van der Waals surface area contributed by atoms with Gasteiger partial charge < -0.3 is 10.4 Å². The Kier molecular flexibility index (Phi) is 5.04. The molecule has 1 atom stereocenters. The molecule has 0 spiro atoms. The highest BCUT2D eigenvalue weighted by Crippen LogP contribution is 2.24. The molecule has 1 heterocycles. The number of halogens is 1. The third-order valence-corrected chi connectivity index (χ3v) is 3.73. The summed E-state index contributed by atoms with van der Waals surface area (Å²) in [6.07, 6.45) is 1.21. The quantitative estimate of drug-likeness (QED) is 0.795. The van der Waals surface area contributed by atoms with Crippen molar-refractivity contribution in [1.29, 1.82) is 0 Å². The Morgan fingerprint density at radius 3 is 2.71 bits per heavy atom. The minimum atomic E-state index is -0.622. The van der Waals surface area contributed by atoms with Gasteiger partial charge in [-0.25, -0.2) is 0 Å². The number of aliphatic hydroxyl groups excluding tert-OH is 1. The number of nitrogens with one attached hydrogen (secondary N) is 2. The second-order valence-corrected chi connectivity index (χ2v) is 6.60. The minimum Gasteiger partial charge on any atom is -0.387 e. The van der Waals surface area contributed by atoms with E-state index in [0.29, 0.717) is 18.1 Å². The Bertz CT molecular complexity index is 589. The van der Waals surface area contributed by atoms with Crippen LogP contribution in [0.5, 0.6) is 0 Å². The maximum absolute atomic E-state index is 10.2. The van der Waals surface area contributed by atoms with Crippen molar-refractivity contribution < 1.29 is 5.11 Å². The summed E-state index contributed by atoms with van der Waals surface area (Å²) in [5.74, 6) is 0. The molecule has 0 amide bonds. The summed E-state index contributed by atoms with van der Waals surface area (Å²) in [5.41, 5.74) is 3.00. The van der Waals surface area contributed by atoms with Gasteiger partial charge in [0.05, 0.1) is 12.3 Å². The smallest absolute Gasteiger partial charge is 0.0928 e. The first-order valence-electron chi connectivity index (χ1n) is 7.05. The highest BCUT2D eigenvalue weighted by Gasteiger charge is 2.20. The fraction of sp³-hybridized carbons (Fsp3) is 0.438. The van der Waals surface area contributed by atoms with Crippen LogP contribution in [-0.2, 0) is 12.0 Å². The first-order chi connectivity index (χ1) is 9.89. The maximum atomic E-state index is 10.2. The second-order valence-electron chi connectivity index (χ2n) is 6.19. The monoisotopic (exact) mass is 307 g/mol. The van der Waals surface area contributed by atoms with Crippen LogP contribution < -0.4 is 5.32 Å². The molecule has 3 N–H and O–H groups in total. The van der Waals surface area contributed by atoms with E-state index in [9.17, 15) is 5.11 Å². The summed E-state index contributed by atoms with van der Waals surface area (Å²) in [5, 5.41) is 21.2. The molecule has 0 saturated carbocycles. The Morgan fingerprint density at radius 2 is 2.05 bits per heavy atom. The van der Waals surface area contributed by atoms with Gasteiger partial charge in [0.2, 0.25) is 0 Å². The van der Waals surface area contributed by atoms with Crippen LogP contribution in [0.25, 0.3) is 0 Å². The molecule has 0 radical (unpaired) electrons. The third kappa shape index (κ3) is 4.06. The summed E-state index contributed by atoms with van der Waals surface area (Å²) < 4.78 is 0. The number of aromatic nitrogens is 2. The van der Waals surface area contributed by atoms with Crippen molar-refractivity contribution in [2.45, 2.75) is 38.8 Å². The fourth-order valence-corrected chi connectivity index (χ4v) is 2.56. The first-order valence-corrected chi connectivity index (χ1v) is 7.43. The van der Waals surface area contributed by atoms with Gasteiger partial charge in [-0.1, -0.05) is 50.6 Å². The summed E-state index contributed by atoms with van der Waals surface area (Å²) in [6.45, 7) is 7.52. The van der Waals surface area contributed by atoms with Gasteiger partial charge in [0.15, 0.2) is 0 Å². The van der Waals surface area contributed by atoms with Crippen LogP contribution in [0.3, 0.4) is 0 Å². The highest BCUT2D eigenvalue weighted by atomic mass is 35.5. The van der Waals surface area contributed by atoms with E-state index in [4.69, 9.17) is 11.6 Å². The minimum absolute atomic E-state index is 0.0227. The standard InChI is InChI=1S/C16H22ClN3O/c1-16(2,3)15-11(9-19-20-15)8-18-10-14(21)12-6-4-5-7-13(12)17/h4-7,9,14,18,21H,8,10H2,1-3H3,(H,19,20). The van der Waals surface area contributed by atoms with E-state index in [0.717, 1.165) is 16.8 Å².